The molecule has 0 aliphatic rings. The van der Waals surface area contributed by atoms with Gasteiger partial charge in [-0.2, -0.15) is 10.5 Å². The van der Waals surface area contributed by atoms with Gasteiger partial charge in [0.25, 0.3) is 0 Å². The molecule has 2 N–H and O–H groups in total. The molecule has 0 fully saturated rings. The molecule has 0 atom stereocenters. The lowest BCUT2D eigenvalue weighted by Gasteiger charge is -2.11. The molecule has 0 radical (unpaired) electrons. The number of nitriles is 2. The van der Waals surface area contributed by atoms with Crippen molar-refractivity contribution in [1.29, 1.82) is 21.3 Å². The maximum atomic E-state index is 14.6. The Hall–Kier alpha value is -5.34. The van der Waals surface area contributed by atoms with Crippen molar-refractivity contribution >= 4 is 11.8 Å². The zero-order valence-corrected chi connectivity index (χ0v) is 19.3. The summed E-state index contributed by atoms with van der Waals surface area (Å²) in [5.74, 6) is -1.70. The average Bonchev–Trinajstić information content (AvgIpc) is 2.89. The lowest BCUT2D eigenvalue weighted by Crippen LogP contribution is -2.17. The van der Waals surface area contributed by atoms with Crippen molar-refractivity contribution in [3.05, 3.63) is 108 Å². The standard InChI is InChI=1S/C29H18F2N4O2/c30-26-13-22(9-11-24(26)20-5-1-18(16-32)2-6-20)36-28(34)15-29(35)37-23-10-12-25(27(31)14-23)21-7-3-19(17-33)4-8-21/h1-14,34-35H,15H2. The van der Waals surface area contributed by atoms with E-state index >= 15 is 0 Å². The van der Waals surface area contributed by atoms with Gasteiger partial charge in [-0.25, -0.2) is 8.78 Å². The first-order valence-electron chi connectivity index (χ1n) is 11.0. The van der Waals surface area contributed by atoms with Crippen LogP contribution in [0.1, 0.15) is 17.5 Å². The summed E-state index contributed by atoms with van der Waals surface area (Å²) in [5.41, 5.74) is 2.73. The highest BCUT2D eigenvalue weighted by Crippen LogP contribution is 2.28. The van der Waals surface area contributed by atoms with E-state index < -0.39 is 11.6 Å². The first kappa shape index (κ1) is 24.8. The van der Waals surface area contributed by atoms with E-state index in [0.717, 1.165) is 12.1 Å². The van der Waals surface area contributed by atoms with E-state index in [1.807, 2.05) is 12.1 Å². The number of benzene rings is 4. The fraction of sp³-hybridized carbons (Fsp3) is 0.0345. The molecule has 0 aromatic heterocycles. The van der Waals surface area contributed by atoms with Crippen LogP contribution in [0.3, 0.4) is 0 Å². The van der Waals surface area contributed by atoms with E-state index in [1.165, 1.54) is 24.3 Å². The topological polar surface area (TPSA) is 114 Å². The van der Waals surface area contributed by atoms with Gasteiger partial charge in [0.2, 0.25) is 0 Å². The molecule has 4 aromatic rings. The molecule has 180 valence electrons. The Bertz CT molecular complexity index is 1450. The minimum absolute atomic E-state index is 0.0745. The number of ether oxygens (including phenoxy) is 2. The van der Waals surface area contributed by atoms with Crippen molar-refractivity contribution in [3.8, 4) is 45.9 Å². The molecular formula is C29H18F2N4O2. The van der Waals surface area contributed by atoms with Gasteiger partial charge in [-0.15, -0.1) is 0 Å². The lowest BCUT2D eigenvalue weighted by molar-refractivity contribution is 0.501. The summed E-state index contributed by atoms with van der Waals surface area (Å²) in [7, 11) is 0. The predicted octanol–water partition coefficient (Wildman–Crippen LogP) is 6.84. The van der Waals surface area contributed by atoms with Crippen molar-refractivity contribution in [3.63, 3.8) is 0 Å². The Morgan fingerprint density at radius 2 is 1.00 bits per heavy atom. The zero-order valence-electron chi connectivity index (χ0n) is 19.3. The smallest absolute Gasteiger partial charge is 0.196 e. The molecule has 0 unspecified atom stereocenters. The van der Waals surface area contributed by atoms with Gasteiger partial charge < -0.3 is 9.47 Å². The van der Waals surface area contributed by atoms with Crippen molar-refractivity contribution in [2.45, 2.75) is 6.42 Å². The number of rotatable bonds is 6. The van der Waals surface area contributed by atoms with Gasteiger partial charge in [0.15, 0.2) is 11.8 Å². The zero-order chi connectivity index (χ0) is 26.4. The molecule has 0 saturated carbocycles. The van der Waals surface area contributed by atoms with Crippen LogP contribution >= 0.6 is 0 Å². The molecule has 8 heteroatoms. The fourth-order valence-corrected chi connectivity index (χ4v) is 3.54. The van der Waals surface area contributed by atoms with E-state index in [9.17, 15) is 8.78 Å². The van der Waals surface area contributed by atoms with Crippen molar-refractivity contribution in [1.82, 2.24) is 0 Å². The average molecular weight is 492 g/mol. The highest BCUT2D eigenvalue weighted by molar-refractivity contribution is 5.96. The van der Waals surface area contributed by atoms with E-state index in [4.69, 9.17) is 30.8 Å². The number of hydrogen-bond donors (Lipinski definition) is 2. The van der Waals surface area contributed by atoms with E-state index in [-0.39, 0.29) is 29.7 Å². The molecule has 0 saturated heterocycles. The molecule has 0 spiro atoms. The van der Waals surface area contributed by atoms with E-state index in [2.05, 4.69) is 0 Å². The van der Waals surface area contributed by atoms with Crippen LogP contribution in [0.4, 0.5) is 8.78 Å². The van der Waals surface area contributed by atoms with Crippen LogP contribution in [0.2, 0.25) is 0 Å². The summed E-state index contributed by atoms with van der Waals surface area (Å²) in [4.78, 5) is 0. The minimum Gasteiger partial charge on any atom is -0.443 e. The Morgan fingerprint density at radius 3 is 1.32 bits per heavy atom. The van der Waals surface area contributed by atoms with Gasteiger partial charge in [-0.3, -0.25) is 10.8 Å². The third-order valence-corrected chi connectivity index (χ3v) is 5.33. The van der Waals surface area contributed by atoms with E-state index in [1.54, 1.807) is 48.5 Å². The van der Waals surface area contributed by atoms with Crippen molar-refractivity contribution < 1.29 is 18.3 Å². The van der Waals surface area contributed by atoms with Crippen LogP contribution in [-0.2, 0) is 0 Å². The van der Waals surface area contributed by atoms with Gasteiger partial charge in [0, 0.05) is 23.3 Å². The highest BCUT2D eigenvalue weighted by Gasteiger charge is 2.13. The Labute approximate surface area is 211 Å². The SMILES string of the molecule is N#Cc1ccc(-c2ccc(OC(=N)CC(=N)Oc3ccc(-c4ccc(C#N)cc4)c(F)c3)cc2F)cc1. The van der Waals surface area contributed by atoms with Crippen LogP contribution in [-0.4, -0.2) is 11.8 Å². The van der Waals surface area contributed by atoms with E-state index in [0.29, 0.717) is 33.4 Å². The Morgan fingerprint density at radius 1 is 0.622 bits per heavy atom. The molecule has 4 aromatic carbocycles. The molecule has 0 aliphatic heterocycles. The van der Waals surface area contributed by atoms with Gasteiger partial charge >= 0.3 is 0 Å². The molecule has 4 rings (SSSR count). The molecule has 6 nitrogen and oxygen atoms in total. The molecular weight excluding hydrogens is 474 g/mol. The third kappa shape index (κ3) is 6.02. The lowest BCUT2D eigenvalue weighted by atomic mass is 10.0. The summed E-state index contributed by atoms with van der Waals surface area (Å²) < 4.78 is 39.9. The normalized spacial score (nSPS) is 10.2. The maximum Gasteiger partial charge on any atom is 0.196 e. The predicted molar refractivity (Wildman–Crippen MR) is 134 cm³/mol. The van der Waals surface area contributed by atoms with Crippen molar-refractivity contribution in [2.75, 3.05) is 0 Å². The van der Waals surface area contributed by atoms with Gasteiger partial charge in [0.1, 0.15) is 23.1 Å². The second kappa shape index (κ2) is 10.9. The summed E-state index contributed by atoms with van der Waals surface area (Å²) >= 11 is 0. The monoisotopic (exact) mass is 492 g/mol. The van der Waals surface area contributed by atoms with Crippen LogP contribution < -0.4 is 9.47 Å². The molecule has 0 bridgehead atoms. The first-order valence-corrected chi connectivity index (χ1v) is 11.0. The fourth-order valence-electron chi connectivity index (χ4n) is 3.54. The quantitative estimate of drug-likeness (QED) is 0.226. The highest BCUT2D eigenvalue weighted by atomic mass is 19.1. The second-order valence-electron chi connectivity index (χ2n) is 7.89. The summed E-state index contributed by atoms with van der Waals surface area (Å²) in [6.45, 7) is 0. The first-order chi connectivity index (χ1) is 17.9. The van der Waals surface area contributed by atoms with Crippen molar-refractivity contribution in [2.24, 2.45) is 0 Å². The summed E-state index contributed by atoms with van der Waals surface area (Å²) in [5, 5.41) is 33.7. The second-order valence-corrected chi connectivity index (χ2v) is 7.89. The van der Waals surface area contributed by atoms with Crippen LogP contribution in [0.15, 0.2) is 84.9 Å². The largest absolute Gasteiger partial charge is 0.443 e. The van der Waals surface area contributed by atoms with Gasteiger partial charge in [-0.1, -0.05) is 24.3 Å². The van der Waals surface area contributed by atoms with Crippen LogP contribution in [0, 0.1) is 45.1 Å². The van der Waals surface area contributed by atoms with Crippen LogP contribution in [0.5, 0.6) is 11.5 Å². The Kier molecular flexibility index (Phi) is 7.32. The molecule has 0 amide bonds. The molecule has 0 heterocycles. The summed E-state index contributed by atoms with van der Waals surface area (Å²) in [6.07, 6.45) is -0.335. The van der Waals surface area contributed by atoms with Gasteiger partial charge in [0.05, 0.1) is 29.7 Å². The van der Waals surface area contributed by atoms with Crippen LogP contribution in [0.25, 0.3) is 22.3 Å². The Balaban J connectivity index is 1.36. The molecule has 37 heavy (non-hydrogen) atoms. The summed E-state index contributed by atoms with van der Waals surface area (Å²) in [6, 6.07) is 25.2. The maximum absolute atomic E-state index is 14.6. The minimum atomic E-state index is -0.570. The number of hydrogen-bond acceptors (Lipinski definition) is 6. The number of nitrogens with zero attached hydrogens (tertiary/aromatic N) is 2. The number of halogens is 2. The van der Waals surface area contributed by atoms with Gasteiger partial charge in [-0.05, 0) is 59.7 Å². The number of nitrogens with one attached hydrogen (secondary N) is 2. The molecule has 0 aliphatic carbocycles. The third-order valence-electron chi connectivity index (χ3n) is 5.33.